The van der Waals surface area contributed by atoms with Crippen LogP contribution in [0.4, 0.5) is 0 Å². The summed E-state index contributed by atoms with van der Waals surface area (Å²) in [7, 11) is 3.06. The van der Waals surface area contributed by atoms with Gasteiger partial charge in [0.15, 0.2) is 11.5 Å². The van der Waals surface area contributed by atoms with Crippen LogP contribution < -0.4 is 9.47 Å². The summed E-state index contributed by atoms with van der Waals surface area (Å²) in [6, 6.07) is 5.16. The monoisotopic (exact) mass is 321 g/mol. The highest BCUT2D eigenvalue weighted by atomic mass is 32.2. The van der Waals surface area contributed by atoms with Crippen LogP contribution in [0.3, 0.4) is 0 Å². The number of nitrogens with zero attached hydrogens (tertiary/aromatic N) is 2. The Morgan fingerprint density at radius 3 is 2.59 bits per heavy atom. The van der Waals surface area contributed by atoms with Gasteiger partial charge in [0.25, 0.3) is 0 Å². The number of nitrogens with one attached hydrogen (secondary N) is 1. The summed E-state index contributed by atoms with van der Waals surface area (Å²) < 4.78 is 10.4. The fourth-order valence-electron chi connectivity index (χ4n) is 1.70. The minimum atomic E-state index is -1.05. The Hall–Kier alpha value is -2.48. The summed E-state index contributed by atoms with van der Waals surface area (Å²) in [5.41, 5.74) is 0.676. The van der Waals surface area contributed by atoms with Crippen LogP contribution in [-0.2, 0) is 4.79 Å². The number of H-pyrrole nitrogens is 1. The van der Waals surface area contributed by atoms with Gasteiger partial charge in [-0.2, -0.15) is 0 Å². The average Bonchev–Trinajstić information content (AvgIpc) is 2.91. The van der Waals surface area contributed by atoms with Crippen molar-refractivity contribution in [1.29, 1.82) is 0 Å². The standard InChI is InChI=1S/C14H15N3O4S/c1-8-15-14(17-16-8)22-12(13(18)19)7-9-4-5-10(20-2)11(6-9)21-3/h4-7H,1-3H3,(H,18,19)(H,15,16,17)/b12-7+. The molecule has 0 aliphatic heterocycles. The van der Waals surface area contributed by atoms with E-state index < -0.39 is 5.97 Å². The van der Waals surface area contributed by atoms with Crippen molar-refractivity contribution in [2.45, 2.75) is 12.1 Å². The van der Waals surface area contributed by atoms with Gasteiger partial charge in [0, 0.05) is 0 Å². The van der Waals surface area contributed by atoms with Gasteiger partial charge in [0.1, 0.15) is 10.7 Å². The molecule has 0 fully saturated rings. The molecule has 0 spiro atoms. The number of benzene rings is 1. The fourth-order valence-corrected chi connectivity index (χ4v) is 2.45. The zero-order valence-corrected chi connectivity index (χ0v) is 13.1. The number of thioether (sulfide) groups is 1. The van der Waals surface area contributed by atoms with Crippen LogP contribution in [0.15, 0.2) is 28.3 Å². The van der Waals surface area contributed by atoms with Crippen molar-refractivity contribution in [2.24, 2.45) is 0 Å². The number of ether oxygens (including phenoxy) is 2. The van der Waals surface area contributed by atoms with Crippen LogP contribution in [0, 0.1) is 6.92 Å². The van der Waals surface area contributed by atoms with Gasteiger partial charge in [0.05, 0.1) is 14.2 Å². The summed E-state index contributed by atoms with van der Waals surface area (Å²) in [6.07, 6.45) is 1.53. The molecule has 7 nitrogen and oxygen atoms in total. The van der Waals surface area contributed by atoms with Gasteiger partial charge in [-0.05, 0) is 42.5 Å². The van der Waals surface area contributed by atoms with Crippen LogP contribution in [-0.4, -0.2) is 40.5 Å². The lowest BCUT2D eigenvalue weighted by atomic mass is 10.2. The molecule has 0 aliphatic rings. The van der Waals surface area contributed by atoms with Crippen molar-refractivity contribution in [2.75, 3.05) is 14.2 Å². The molecule has 0 saturated carbocycles. The molecular weight excluding hydrogens is 306 g/mol. The molecule has 2 rings (SSSR count). The van der Waals surface area contributed by atoms with E-state index >= 15 is 0 Å². The molecule has 1 aromatic carbocycles. The lowest BCUT2D eigenvalue weighted by Gasteiger charge is -2.08. The number of aliphatic carboxylic acids is 1. The molecule has 22 heavy (non-hydrogen) atoms. The molecule has 0 aliphatic carbocycles. The van der Waals surface area contributed by atoms with Crippen molar-refractivity contribution in [3.05, 3.63) is 34.5 Å². The first kappa shape index (κ1) is 15.9. The molecule has 116 valence electrons. The summed E-state index contributed by atoms with van der Waals surface area (Å²) in [5.74, 6) is 0.675. The SMILES string of the molecule is COc1ccc(/C=C(/Sc2n[nH]c(C)n2)C(=O)O)cc1OC. The van der Waals surface area contributed by atoms with E-state index in [2.05, 4.69) is 15.2 Å². The molecule has 0 radical (unpaired) electrons. The average molecular weight is 321 g/mol. The number of hydrogen-bond acceptors (Lipinski definition) is 6. The van der Waals surface area contributed by atoms with E-state index in [1.165, 1.54) is 20.3 Å². The first-order chi connectivity index (χ1) is 10.5. The van der Waals surface area contributed by atoms with Gasteiger partial charge in [0.2, 0.25) is 5.16 Å². The number of aromatic nitrogens is 3. The molecule has 2 N–H and O–H groups in total. The molecule has 0 bridgehead atoms. The summed E-state index contributed by atoms with van der Waals surface area (Å²) >= 11 is 0.972. The van der Waals surface area contributed by atoms with Crippen molar-refractivity contribution in [3.63, 3.8) is 0 Å². The topological polar surface area (TPSA) is 97.3 Å². The fraction of sp³-hybridized carbons (Fsp3) is 0.214. The first-order valence-corrected chi connectivity index (χ1v) is 7.09. The maximum Gasteiger partial charge on any atom is 0.342 e. The molecule has 1 heterocycles. The number of aryl methyl sites for hydroxylation is 1. The molecule has 2 aromatic rings. The predicted octanol–water partition coefficient (Wildman–Crippen LogP) is 2.35. The Kier molecular flexibility index (Phi) is 5.05. The predicted molar refractivity (Wildman–Crippen MR) is 82.1 cm³/mol. The number of rotatable bonds is 6. The third kappa shape index (κ3) is 3.79. The Bertz CT molecular complexity index is 712. The van der Waals surface area contributed by atoms with E-state index in [1.807, 2.05) is 0 Å². The first-order valence-electron chi connectivity index (χ1n) is 6.27. The quantitative estimate of drug-likeness (QED) is 0.622. The summed E-state index contributed by atoms with van der Waals surface area (Å²) in [6.45, 7) is 1.75. The van der Waals surface area contributed by atoms with Crippen LogP contribution in [0.25, 0.3) is 6.08 Å². The summed E-state index contributed by atoms with van der Waals surface area (Å²) in [5, 5.41) is 16.3. The summed E-state index contributed by atoms with van der Waals surface area (Å²) in [4.78, 5) is 15.6. The number of methoxy groups -OCH3 is 2. The van der Waals surface area contributed by atoms with Gasteiger partial charge in [-0.15, -0.1) is 5.10 Å². The Balaban J connectivity index is 2.31. The molecule has 0 unspecified atom stereocenters. The zero-order chi connectivity index (χ0) is 16.1. The van der Waals surface area contributed by atoms with Gasteiger partial charge < -0.3 is 14.6 Å². The van der Waals surface area contributed by atoms with Crippen LogP contribution in [0.2, 0.25) is 0 Å². The molecule has 8 heteroatoms. The van der Waals surface area contributed by atoms with E-state index in [1.54, 1.807) is 25.1 Å². The normalized spacial score (nSPS) is 11.3. The lowest BCUT2D eigenvalue weighted by molar-refractivity contribution is -0.131. The van der Waals surface area contributed by atoms with Gasteiger partial charge in [-0.3, -0.25) is 5.10 Å². The number of aromatic amines is 1. The minimum absolute atomic E-state index is 0.103. The van der Waals surface area contributed by atoms with E-state index in [4.69, 9.17) is 9.47 Å². The molecule has 0 amide bonds. The lowest BCUT2D eigenvalue weighted by Crippen LogP contribution is -1.97. The van der Waals surface area contributed by atoms with Crippen molar-refractivity contribution in [1.82, 2.24) is 15.2 Å². The molecule has 0 atom stereocenters. The Morgan fingerprint density at radius 1 is 1.32 bits per heavy atom. The van der Waals surface area contributed by atoms with E-state index in [-0.39, 0.29) is 4.91 Å². The second kappa shape index (κ2) is 6.99. The Morgan fingerprint density at radius 2 is 2.05 bits per heavy atom. The molecule has 0 saturated heterocycles. The highest BCUT2D eigenvalue weighted by Gasteiger charge is 2.13. The van der Waals surface area contributed by atoms with E-state index in [9.17, 15) is 9.90 Å². The maximum atomic E-state index is 11.4. The second-order valence-electron chi connectivity index (χ2n) is 4.23. The van der Waals surface area contributed by atoms with Crippen molar-refractivity contribution >= 4 is 23.8 Å². The largest absolute Gasteiger partial charge is 0.493 e. The number of carboxylic acids is 1. The van der Waals surface area contributed by atoms with Crippen LogP contribution in [0.5, 0.6) is 11.5 Å². The van der Waals surface area contributed by atoms with Gasteiger partial charge in [-0.1, -0.05) is 6.07 Å². The Labute approximate surface area is 131 Å². The minimum Gasteiger partial charge on any atom is -0.493 e. The van der Waals surface area contributed by atoms with Crippen LogP contribution in [0.1, 0.15) is 11.4 Å². The highest BCUT2D eigenvalue weighted by molar-refractivity contribution is 8.04. The van der Waals surface area contributed by atoms with Gasteiger partial charge in [-0.25, -0.2) is 9.78 Å². The maximum absolute atomic E-state index is 11.4. The van der Waals surface area contributed by atoms with Crippen molar-refractivity contribution < 1.29 is 19.4 Å². The van der Waals surface area contributed by atoms with Crippen LogP contribution >= 0.6 is 11.8 Å². The van der Waals surface area contributed by atoms with Crippen molar-refractivity contribution in [3.8, 4) is 11.5 Å². The molecular formula is C14H15N3O4S. The number of hydrogen-bond donors (Lipinski definition) is 2. The smallest absolute Gasteiger partial charge is 0.342 e. The number of carboxylic acid groups (broad SMARTS) is 1. The second-order valence-corrected chi connectivity index (χ2v) is 5.24. The highest BCUT2D eigenvalue weighted by Crippen LogP contribution is 2.31. The van der Waals surface area contributed by atoms with Gasteiger partial charge >= 0.3 is 5.97 Å². The zero-order valence-electron chi connectivity index (χ0n) is 12.3. The van der Waals surface area contributed by atoms with E-state index in [0.29, 0.717) is 28.0 Å². The molecule has 1 aromatic heterocycles. The van der Waals surface area contributed by atoms with E-state index in [0.717, 1.165) is 11.8 Å². The third-order valence-corrected chi connectivity index (χ3v) is 3.57. The third-order valence-electron chi connectivity index (χ3n) is 2.69. The number of carbonyl (C=O) groups is 1.